The SMILES string of the molecule is CCCC1(O)CN(C(=O)Cn2ccc([N+](=O)[O-])n2)C1. The fourth-order valence-electron chi connectivity index (χ4n) is 2.24. The van der Waals surface area contributed by atoms with Gasteiger partial charge in [0.2, 0.25) is 5.91 Å². The minimum atomic E-state index is -0.763. The van der Waals surface area contributed by atoms with Crippen molar-refractivity contribution in [2.24, 2.45) is 0 Å². The summed E-state index contributed by atoms with van der Waals surface area (Å²) in [6.45, 7) is 2.58. The van der Waals surface area contributed by atoms with Crippen molar-refractivity contribution in [3.63, 3.8) is 0 Å². The molecule has 1 aliphatic heterocycles. The molecular formula is C11H16N4O4. The Balaban J connectivity index is 1.87. The molecular weight excluding hydrogens is 252 g/mol. The minimum absolute atomic E-state index is 0.0456. The fraction of sp³-hybridized carbons (Fsp3) is 0.636. The van der Waals surface area contributed by atoms with Crippen molar-refractivity contribution < 1.29 is 14.8 Å². The van der Waals surface area contributed by atoms with Crippen LogP contribution < -0.4 is 0 Å². The lowest BCUT2D eigenvalue weighted by Gasteiger charge is -2.46. The van der Waals surface area contributed by atoms with Gasteiger partial charge in [0.25, 0.3) is 0 Å². The van der Waals surface area contributed by atoms with E-state index in [1.165, 1.54) is 21.8 Å². The third kappa shape index (κ3) is 2.90. The van der Waals surface area contributed by atoms with E-state index in [0.29, 0.717) is 19.5 Å². The molecule has 0 radical (unpaired) electrons. The quantitative estimate of drug-likeness (QED) is 0.605. The van der Waals surface area contributed by atoms with Crippen LogP contribution in [0.25, 0.3) is 0 Å². The maximum Gasteiger partial charge on any atom is 0.389 e. The summed E-state index contributed by atoms with van der Waals surface area (Å²) in [6.07, 6.45) is 2.93. The molecule has 1 saturated heterocycles. The van der Waals surface area contributed by atoms with Crippen LogP contribution in [0, 0.1) is 10.1 Å². The number of carbonyl (C=O) groups is 1. The van der Waals surface area contributed by atoms with Crippen LogP contribution in [-0.4, -0.2) is 49.3 Å². The number of hydrogen-bond donors (Lipinski definition) is 1. The molecule has 2 heterocycles. The number of carbonyl (C=O) groups excluding carboxylic acids is 1. The molecule has 19 heavy (non-hydrogen) atoms. The summed E-state index contributed by atoms with van der Waals surface area (Å²) in [5, 5.41) is 24.1. The van der Waals surface area contributed by atoms with E-state index >= 15 is 0 Å². The van der Waals surface area contributed by atoms with E-state index in [2.05, 4.69) is 5.10 Å². The molecule has 0 spiro atoms. The number of amides is 1. The third-order valence-corrected chi connectivity index (χ3v) is 3.15. The van der Waals surface area contributed by atoms with E-state index in [-0.39, 0.29) is 18.3 Å². The smallest absolute Gasteiger partial charge is 0.386 e. The molecule has 1 aliphatic rings. The van der Waals surface area contributed by atoms with E-state index in [1.807, 2.05) is 6.92 Å². The molecule has 2 rings (SSSR count). The highest BCUT2D eigenvalue weighted by Gasteiger charge is 2.42. The first-order valence-corrected chi connectivity index (χ1v) is 6.11. The Morgan fingerprint density at radius 2 is 2.32 bits per heavy atom. The van der Waals surface area contributed by atoms with Crippen LogP contribution >= 0.6 is 0 Å². The molecule has 8 heteroatoms. The molecule has 1 aromatic rings. The highest BCUT2D eigenvalue weighted by molar-refractivity contribution is 5.77. The Kier molecular flexibility index (Phi) is 3.52. The van der Waals surface area contributed by atoms with Gasteiger partial charge in [-0.25, -0.2) is 0 Å². The molecule has 104 valence electrons. The zero-order valence-electron chi connectivity index (χ0n) is 10.7. The standard InChI is InChI=1S/C11H16N4O4/c1-2-4-11(17)7-13(8-11)10(16)6-14-5-3-9(12-14)15(18)19/h3,5,17H,2,4,6-8H2,1H3. The van der Waals surface area contributed by atoms with Gasteiger partial charge < -0.3 is 20.1 Å². The van der Waals surface area contributed by atoms with Gasteiger partial charge >= 0.3 is 5.82 Å². The first kappa shape index (κ1) is 13.5. The van der Waals surface area contributed by atoms with Crippen molar-refractivity contribution in [3.05, 3.63) is 22.4 Å². The second-order valence-electron chi connectivity index (χ2n) is 4.85. The lowest BCUT2D eigenvalue weighted by atomic mass is 9.89. The summed E-state index contributed by atoms with van der Waals surface area (Å²) in [6, 6.07) is 1.25. The van der Waals surface area contributed by atoms with Crippen LogP contribution in [0.2, 0.25) is 0 Å². The van der Waals surface area contributed by atoms with Gasteiger partial charge in [-0.2, -0.15) is 4.68 Å². The van der Waals surface area contributed by atoms with Crippen molar-refractivity contribution in [2.45, 2.75) is 31.9 Å². The summed E-state index contributed by atoms with van der Waals surface area (Å²) in [4.78, 5) is 23.2. The average Bonchev–Trinajstić information content (AvgIpc) is 2.74. The molecule has 0 aromatic carbocycles. The van der Waals surface area contributed by atoms with Crippen LogP contribution in [0.15, 0.2) is 12.3 Å². The minimum Gasteiger partial charge on any atom is -0.386 e. The summed E-state index contributed by atoms with van der Waals surface area (Å²) < 4.78 is 1.23. The van der Waals surface area contributed by atoms with Crippen LogP contribution in [0.1, 0.15) is 19.8 Å². The van der Waals surface area contributed by atoms with Gasteiger partial charge in [0.1, 0.15) is 6.54 Å². The number of aliphatic hydroxyl groups is 1. The Bertz CT molecular complexity index is 493. The summed E-state index contributed by atoms with van der Waals surface area (Å²) in [7, 11) is 0. The van der Waals surface area contributed by atoms with Gasteiger partial charge in [0.15, 0.2) is 0 Å². The number of likely N-dealkylation sites (tertiary alicyclic amines) is 1. The molecule has 1 N–H and O–H groups in total. The summed E-state index contributed by atoms with van der Waals surface area (Å²) >= 11 is 0. The van der Waals surface area contributed by atoms with E-state index in [1.54, 1.807) is 0 Å². The van der Waals surface area contributed by atoms with Gasteiger partial charge in [-0.15, -0.1) is 0 Å². The maximum absolute atomic E-state index is 11.9. The van der Waals surface area contributed by atoms with Gasteiger partial charge in [-0.1, -0.05) is 13.3 Å². The predicted molar refractivity (Wildman–Crippen MR) is 65.3 cm³/mol. The van der Waals surface area contributed by atoms with Gasteiger partial charge in [0, 0.05) is 0 Å². The summed E-state index contributed by atoms with van der Waals surface area (Å²) in [5.41, 5.74) is -0.763. The van der Waals surface area contributed by atoms with E-state index in [0.717, 1.165) is 6.42 Å². The predicted octanol–water partition coefficient (Wildman–Crippen LogP) is 0.165. The first-order valence-electron chi connectivity index (χ1n) is 6.11. The number of aromatic nitrogens is 2. The molecule has 0 aliphatic carbocycles. The van der Waals surface area contributed by atoms with Crippen molar-refractivity contribution >= 4 is 11.7 Å². The average molecular weight is 268 g/mol. The monoisotopic (exact) mass is 268 g/mol. The molecule has 0 unspecified atom stereocenters. The van der Waals surface area contributed by atoms with Crippen LogP contribution in [0.5, 0.6) is 0 Å². The molecule has 1 amide bonds. The third-order valence-electron chi connectivity index (χ3n) is 3.15. The maximum atomic E-state index is 11.9. The van der Waals surface area contributed by atoms with Gasteiger partial charge in [-0.05, 0) is 11.3 Å². The number of nitro groups is 1. The van der Waals surface area contributed by atoms with Crippen LogP contribution in [0.4, 0.5) is 5.82 Å². The zero-order valence-corrected chi connectivity index (χ0v) is 10.7. The highest BCUT2D eigenvalue weighted by atomic mass is 16.6. The highest BCUT2D eigenvalue weighted by Crippen LogP contribution is 2.25. The Hall–Kier alpha value is -1.96. The molecule has 1 aromatic heterocycles. The Morgan fingerprint density at radius 1 is 1.63 bits per heavy atom. The van der Waals surface area contributed by atoms with E-state index < -0.39 is 10.5 Å². The lowest BCUT2D eigenvalue weighted by Crippen LogP contribution is -2.63. The van der Waals surface area contributed by atoms with Crippen molar-refractivity contribution in [3.8, 4) is 0 Å². The lowest BCUT2D eigenvalue weighted by molar-refractivity contribution is -0.389. The number of β-amino-alcohol motifs (C(OH)–C–C–N with tert-alkyl or cyclic N) is 1. The largest absolute Gasteiger partial charge is 0.389 e. The number of nitrogens with zero attached hydrogens (tertiary/aromatic N) is 4. The van der Waals surface area contributed by atoms with Gasteiger partial charge in [0.05, 0.1) is 36.1 Å². The normalized spacial score (nSPS) is 17.1. The molecule has 1 fully saturated rings. The van der Waals surface area contributed by atoms with Crippen molar-refractivity contribution in [1.82, 2.24) is 14.7 Å². The Morgan fingerprint density at radius 3 is 2.84 bits per heavy atom. The zero-order chi connectivity index (χ0) is 14.0. The van der Waals surface area contributed by atoms with Crippen molar-refractivity contribution in [2.75, 3.05) is 13.1 Å². The van der Waals surface area contributed by atoms with Crippen LogP contribution in [0.3, 0.4) is 0 Å². The second kappa shape index (κ2) is 4.96. The van der Waals surface area contributed by atoms with Crippen molar-refractivity contribution in [1.29, 1.82) is 0 Å². The molecule has 0 saturated carbocycles. The Labute approximate surface area is 109 Å². The molecule has 8 nitrogen and oxygen atoms in total. The topological polar surface area (TPSA) is 102 Å². The fourth-order valence-corrected chi connectivity index (χ4v) is 2.24. The number of hydrogen-bond acceptors (Lipinski definition) is 5. The molecule has 0 atom stereocenters. The van der Waals surface area contributed by atoms with Crippen LogP contribution in [-0.2, 0) is 11.3 Å². The first-order chi connectivity index (χ1) is 8.93. The van der Waals surface area contributed by atoms with E-state index in [4.69, 9.17) is 0 Å². The number of rotatable bonds is 5. The summed E-state index contributed by atoms with van der Waals surface area (Å²) in [5.74, 6) is -0.474. The van der Waals surface area contributed by atoms with Gasteiger partial charge in [-0.3, -0.25) is 4.79 Å². The second-order valence-corrected chi connectivity index (χ2v) is 4.85. The molecule has 0 bridgehead atoms. The van der Waals surface area contributed by atoms with E-state index in [9.17, 15) is 20.0 Å².